The molecule has 0 aromatic carbocycles. The second-order valence-corrected chi connectivity index (χ2v) is 4.15. The highest BCUT2D eigenvalue weighted by Gasteiger charge is 2.04. The Kier molecular flexibility index (Phi) is 4.84. The number of hydrogen-bond donors (Lipinski definition) is 2. The summed E-state index contributed by atoms with van der Waals surface area (Å²) in [5.41, 5.74) is 6.42. The molecule has 0 aliphatic carbocycles. The summed E-state index contributed by atoms with van der Waals surface area (Å²) in [7, 11) is 0. The molecule has 0 amide bonds. The highest BCUT2D eigenvalue weighted by Crippen LogP contribution is 2.19. The van der Waals surface area contributed by atoms with E-state index in [1.807, 2.05) is 19.9 Å². The SMILES string of the molecule is CCOC(C)CNc1ncc(Br)cc1N. The number of nitrogens with two attached hydrogens (primary N) is 1. The molecule has 1 rings (SSSR count). The Morgan fingerprint density at radius 3 is 3.00 bits per heavy atom. The maximum atomic E-state index is 5.79. The van der Waals surface area contributed by atoms with Gasteiger partial charge in [0.25, 0.3) is 0 Å². The first-order chi connectivity index (χ1) is 7.13. The second kappa shape index (κ2) is 5.92. The summed E-state index contributed by atoms with van der Waals surface area (Å²) < 4.78 is 6.26. The molecule has 0 aliphatic heterocycles. The average Bonchev–Trinajstić information content (AvgIpc) is 2.17. The maximum absolute atomic E-state index is 5.79. The lowest BCUT2D eigenvalue weighted by Gasteiger charge is -2.14. The Morgan fingerprint density at radius 2 is 2.40 bits per heavy atom. The van der Waals surface area contributed by atoms with Crippen LogP contribution in [0.2, 0.25) is 0 Å². The van der Waals surface area contributed by atoms with Crippen molar-refractivity contribution in [3.63, 3.8) is 0 Å². The lowest BCUT2D eigenvalue weighted by atomic mass is 10.3. The van der Waals surface area contributed by atoms with E-state index in [9.17, 15) is 0 Å². The molecule has 1 atom stereocenters. The molecule has 1 heterocycles. The van der Waals surface area contributed by atoms with Crippen LogP contribution in [0.1, 0.15) is 13.8 Å². The summed E-state index contributed by atoms with van der Waals surface area (Å²) in [5.74, 6) is 0.699. The van der Waals surface area contributed by atoms with Gasteiger partial charge in [0.05, 0.1) is 11.8 Å². The van der Waals surface area contributed by atoms with Crippen LogP contribution in [0, 0.1) is 0 Å². The number of nitrogen functional groups attached to an aromatic ring is 1. The minimum Gasteiger partial charge on any atom is -0.396 e. The number of pyridine rings is 1. The Morgan fingerprint density at radius 1 is 1.67 bits per heavy atom. The maximum Gasteiger partial charge on any atom is 0.149 e. The van der Waals surface area contributed by atoms with E-state index in [0.717, 1.165) is 4.47 Å². The first-order valence-electron chi connectivity index (χ1n) is 4.90. The van der Waals surface area contributed by atoms with E-state index >= 15 is 0 Å². The molecule has 0 saturated heterocycles. The van der Waals surface area contributed by atoms with E-state index < -0.39 is 0 Å². The van der Waals surface area contributed by atoms with Gasteiger partial charge >= 0.3 is 0 Å². The standard InChI is InChI=1S/C10H16BrN3O/c1-3-15-7(2)5-13-10-9(12)4-8(11)6-14-10/h4,6-7H,3,5,12H2,1-2H3,(H,13,14). The molecule has 0 aliphatic rings. The smallest absolute Gasteiger partial charge is 0.149 e. The predicted octanol–water partition coefficient (Wildman–Crippen LogP) is 2.26. The van der Waals surface area contributed by atoms with Crippen molar-refractivity contribution in [2.24, 2.45) is 0 Å². The zero-order valence-electron chi connectivity index (χ0n) is 8.96. The van der Waals surface area contributed by atoms with E-state index in [1.165, 1.54) is 0 Å². The first-order valence-corrected chi connectivity index (χ1v) is 5.69. The zero-order chi connectivity index (χ0) is 11.3. The molecule has 0 bridgehead atoms. The summed E-state index contributed by atoms with van der Waals surface area (Å²) in [5, 5.41) is 3.14. The Hall–Kier alpha value is -0.810. The molecule has 0 radical (unpaired) electrons. The molecule has 0 saturated carbocycles. The fraction of sp³-hybridized carbons (Fsp3) is 0.500. The van der Waals surface area contributed by atoms with Crippen molar-refractivity contribution in [2.45, 2.75) is 20.0 Å². The number of hydrogen-bond acceptors (Lipinski definition) is 4. The quantitative estimate of drug-likeness (QED) is 0.864. The molecule has 0 spiro atoms. The van der Waals surface area contributed by atoms with Crippen molar-refractivity contribution in [1.82, 2.24) is 4.98 Å². The monoisotopic (exact) mass is 273 g/mol. The lowest BCUT2D eigenvalue weighted by molar-refractivity contribution is 0.0855. The van der Waals surface area contributed by atoms with Crippen LogP contribution in [-0.2, 0) is 4.74 Å². The number of halogens is 1. The van der Waals surface area contributed by atoms with Crippen LogP contribution >= 0.6 is 15.9 Å². The Labute approximate surface area is 98.3 Å². The second-order valence-electron chi connectivity index (χ2n) is 3.24. The number of aromatic nitrogens is 1. The summed E-state index contributed by atoms with van der Waals surface area (Å²) in [4.78, 5) is 4.17. The summed E-state index contributed by atoms with van der Waals surface area (Å²) >= 11 is 3.31. The van der Waals surface area contributed by atoms with Crippen molar-refractivity contribution in [3.8, 4) is 0 Å². The van der Waals surface area contributed by atoms with Gasteiger partial charge < -0.3 is 15.8 Å². The van der Waals surface area contributed by atoms with Gasteiger partial charge in [0.2, 0.25) is 0 Å². The average molecular weight is 274 g/mol. The third kappa shape index (κ3) is 4.05. The third-order valence-electron chi connectivity index (χ3n) is 1.89. The highest BCUT2D eigenvalue weighted by molar-refractivity contribution is 9.10. The molecular formula is C10H16BrN3O. The van der Waals surface area contributed by atoms with Gasteiger partial charge in [-0.05, 0) is 35.8 Å². The molecule has 1 aromatic rings. The fourth-order valence-electron chi connectivity index (χ4n) is 1.19. The van der Waals surface area contributed by atoms with Crippen molar-refractivity contribution in [2.75, 3.05) is 24.2 Å². The van der Waals surface area contributed by atoms with E-state index in [4.69, 9.17) is 10.5 Å². The topological polar surface area (TPSA) is 60.2 Å². The lowest BCUT2D eigenvalue weighted by Crippen LogP contribution is -2.20. The van der Waals surface area contributed by atoms with Gasteiger partial charge in [0, 0.05) is 23.8 Å². The minimum atomic E-state index is 0.153. The number of rotatable bonds is 5. The van der Waals surface area contributed by atoms with E-state index in [2.05, 4.69) is 26.2 Å². The van der Waals surface area contributed by atoms with Crippen molar-refractivity contribution in [1.29, 1.82) is 0 Å². The van der Waals surface area contributed by atoms with Crippen LogP contribution < -0.4 is 11.1 Å². The summed E-state index contributed by atoms with van der Waals surface area (Å²) in [6.07, 6.45) is 1.86. The largest absolute Gasteiger partial charge is 0.396 e. The molecule has 0 fully saturated rings. The van der Waals surface area contributed by atoms with Crippen LogP contribution in [0.5, 0.6) is 0 Å². The van der Waals surface area contributed by atoms with Gasteiger partial charge in [-0.15, -0.1) is 0 Å². The number of nitrogens with one attached hydrogen (secondary N) is 1. The number of anilines is 2. The van der Waals surface area contributed by atoms with Gasteiger partial charge in [-0.1, -0.05) is 0 Å². The van der Waals surface area contributed by atoms with Crippen LogP contribution in [0.4, 0.5) is 11.5 Å². The van der Waals surface area contributed by atoms with Crippen LogP contribution in [0.25, 0.3) is 0 Å². The minimum absolute atomic E-state index is 0.153. The van der Waals surface area contributed by atoms with Crippen LogP contribution in [-0.4, -0.2) is 24.2 Å². The normalized spacial score (nSPS) is 12.5. The van der Waals surface area contributed by atoms with Gasteiger partial charge in [-0.3, -0.25) is 0 Å². The molecule has 5 heteroatoms. The molecular weight excluding hydrogens is 258 g/mol. The van der Waals surface area contributed by atoms with Gasteiger partial charge in [0.1, 0.15) is 5.82 Å². The molecule has 84 valence electrons. The Balaban J connectivity index is 2.50. The summed E-state index contributed by atoms with van der Waals surface area (Å²) in [6.45, 7) is 5.40. The van der Waals surface area contributed by atoms with E-state index in [0.29, 0.717) is 24.7 Å². The van der Waals surface area contributed by atoms with Gasteiger partial charge in [-0.2, -0.15) is 0 Å². The molecule has 15 heavy (non-hydrogen) atoms. The van der Waals surface area contributed by atoms with Gasteiger partial charge in [-0.25, -0.2) is 4.98 Å². The predicted molar refractivity (Wildman–Crippen MR) is 65.9 cm³/mol. The van der Waals surface area contributed by atoms with Crippen molar-refractivity contribution < 1.29 is 4.74 Å². The number of ether oxygens (including phenoxy) is 1. The molecule has 1 unspecified atom stereocenters. The summed E-state index contributed by atoms with van der Waals surface area (Å²) in [6, 6.07) is 1.82. The first kappa shape index (κ1) is 12.3. The third-order valence-corrected chi connectivity index (χ3v) is 2.33. The highest BCUT2D eigenvalue weighted by atomic mass is 79.9. The van der Waals surface area contributed by atoms with Crippen molar-refractivity contribution >= 4 is 27.4 Å². The van der Waals surface area contributed by atoms with Crippen molar-refractivity contribution in [3.05, 3.63) is 16.7 Å². The molecule has 1 aromatic heterocycles. The van der Waals surface area contributed by atoms with Crippen LogP contribution in [0.3, 0.4) is 0 Å². The van der Waals surface area contributed by atoms with Crippen LogP contribution in [0.15, 0.2) is 16.7 Å². The Bertz CT molecular complexity index is 320. The van der Waals surface area contributed by atoms with E-state index in [-0.39, 0.29) is 6.10 Å². The molecule has 4 nitrogen and oxygen atoms in total. The number of nitrogens with zero attached hydrogens (tertiary/aromatic N) is 1. The van der Waals surface area contributed by atoms with E-state index in [1.54, 1.807) is 6.20 Å². The molecule has 3 N–H and O–H groups in total. The zero-order valence-corrected chi connectivity index (χ0v) is 10.5. The fourth-order valence-corrected chi connectivity index (χ4v) is 1.54. The van der Waals surface area contributed by atoms with Gasteiger partial charge in [0.15, 0.2) is 0 Å².